The highest BCUT2D eigenvalue weighted by Gasteiger charge is 2.27. The Balaban J connectivity index is 2.89. The van der Waals surface area contributed by atoms with Crippen molar-refractivity contribution in [2.45, 2.75) is 5.38 Å². The fraction of sp³-hybridized carbons (Fsp3) is 0.400. The number of alkyl halides is 2. The number of halogens is 2. The van der Waals surface area contributed by atoms with E-state index in [4.69, 9.17) is 23.2 Å². The minimum atomic E-state index is -0.912. The Bertz CT molecular complexity index is 239. The molecule has 1 atom stereocenters. The van der Waals surface area contributed by atoms with Gasteiger partial charge in [-0.05, 0) is 0 Å². The summed E-state index contributed by atoms with van der Waals surface area (Å²) < 4.78 is 0. The van der Waals surface area contributed by atoms with Crippen LogP contribution >= 0.6 is 23.2 Å². The molecule has 1 rings (SSSR count). The third-order valence-corrected chi connectivity index (χ3v) is 1.86. The monoisotopic (exact) mass is 194 g/mol. The summed E-state index contributed by atoms with van der Waals surface area (Å²) in [6, 6.07) is -0.706. The molecule has 0 saturated carbocycles. The van der Waals surface area contributed by atoms with Crippen LogP contribution in [0.1, 0.15) is 0 Å². The lowest BCUT2D eigenvalue weighted by Crippen LogP contribution is -2.44. The predicted molar refractivity (Wildman–Crippen MR) is 41.3 cm³/mol. The number of imide groups is 1. The van der Waals surface area contributed by atoms with Crippen LogP contribution in [-0.4, -0.2) is 28.9 Å². The molecule has 11 heavy (non-hydrogen) atoms. The summed E-state index contributed by atoms with van der Waals surface area (Å²) in [5.74, 6) is -0.574. The Hall–Kier alpha value is -0.610. The van der Waals surface area contributed by atoms with Crippen molar-refractivity contribution < 1.29 is 9.59 Å². The standard InChI is InChI=1S/C5H4Cl2N2O2/c6-1-2-3(7)4(10)9-5(11)8-2/h3H,1H2,(H,9,10,11). The summed E-state index contributed by atoms with van der Waals surface area (Å²) in [6.07, 6.45) is 0. The van der Waals surface area contributed by atoms with Gasteiger partial charge in [-0.25, -0.2) is 4.79 Å². The molecule has 0 saturated heterocycles. The van der Waals surface area contributed by atoms with E-state index in [0.717, 1.165) is 0 Å². The molecule has 1 heterocycles. The molecule has 0 aromatic carbocycles. The lowest BCUT2D eigenvalue weighted by atomic mass is 10.2. The van der Waals surface area contributed by atoms with E-state index >= 15 is 0 Å². The molecule has 4 nitrogen and oxygen atoms in total. The first-order valence-electron chi connectivity index (χ1n) is 2.77. The van der Waals surface area contributed by atoms with Gasteiger partial charge in [0, 0.05) is 0 Å². The Kier molecular flexibility index (Phi) is 2.46. The van der Waals surface area contributed by atoms with Crippen LogP contribution in [0.3, 0.4) is 0 Å². The number of aliphatic imine (C=N–C) groups is 1. The smallest absolute Gasteiger partial charge is 0.275 e. The molecule has 60 valence electrons. The third-order valence-electron chi connectivity index (χ3n) is 1.13. The molecule has 1 unspecified atom stereocenters. The summed E-state index contributed by atoms with van der Waals surface area (Å²) >= 11 is 10.9. The summed E-state index contributed by atoms with van der Waals surface area (Å²) in [5, 5.41) is 1.03. The van der Waals surface area contributed by atoms with Gasteiger partial charge in [-0.1, -0.05) is 0 Å². The molecule has 0 aromatic rings. The molecule has 0 aromatic heterocycles. The molecule has 0 radical (unpaired) electrons. The number of carbonyl (C=O) groups is 2. The van der Waals surface area contributed by atoms with Gasteiger partial charge in [-0.3, -0.25) is 10.1 Å². The van der Waals surface area contributed by atoms with Gasteiger partial charge in [-0.15, -0.1) is 23.2 Å². The second-order valence-corrected chi connectivity index (χ2v) is 2.60. The normalized spacial score (nSPS) is 24.5. The first-order chi connectivity index (χ1) is 5.15. The van der Waals surface area contributed by atoms with E-state index in [1.807, 2.05) is 5.32 Å². The molecule has 1 N–H and O–H groups in total. The van der Waals surface area contributed by atoms with Crippen molar-refractivity contribution in [3.63, 3.8) is 0 Å². The van der Waals surface area contributed by atoms with Crippen LogP contribution in [0.25, 0.3) is 0 Å². The highest BCUT2D eigenvalue weighted by Crippen LogP contribution is 2.06. The molecule has 1 aliphatic rings. The number of carbonyl (C=O) groups excluding carboxylic acids is 2. The fourth-order valence-corrected chi connectivity index (χ4v) is 1.11. The number of urea groups is 1. The lowest BCUT2D eigenvalue weighted by molar-refractivity contribution is -0.118. The van der Waals surface area contributed by atoms with Crippen LogP contribution in [0.2, 0.25) is 0 Å². The zero-order valence-electron chi connectivity index (χ0n) is 5.30. The van der Waals surface area contributed by atoms with E-state index in [9.17, 15) is 9.59 Å². The van der Waals surface area contributed by atoms with Crippen LogP contribution in [0.4, 0.5) is 4.79 Å². The Labute approximate surface area is 72.6 Å². The summed E-state index contributed by atoms with van der Waals surface area (Å²) in [5.41, 5.74) is 0.196. The average Bonchev–Trinajstić information content (AvgIpc) is 1.96. The minimum Gasteiger partial charge on any atom is -0.275 e. The lowest BCUT2D eigenvalue weighted by Gasteiger charge is -2.13. The van der Waals surface area contributed by atoms with Crippen LogP contribution < -0.4 is 5.32 Å². The SMILES string of the molecule is O=C1N=C(CCl)C(Cl)C(=O)N1. The number of hydrogen-bond donors (Lipinski definition) is 1. The van der Waals surface area contributed by atoms with Gasteiger partial charge in [0.05, 0.1) is 11.6 Å². The molecule has 0 spiro atoms. The van der Waals surface area contributed by atoms with Crippen molar-refractivity contribution in [3.8, 4) is 0 Å². The van der Waals surface area contributed by atoms with Crippen molar-refractivity contribution in [2.24, 2.45) is 4.99 Å². The average molecular weight is 195 g/mol. The molecule has 1 aliphatic heterocycles. The van der Waals surface area contributed by atoms with E-state index in [-0.39, 0.29) is 11.6 Å². The maximum absolute atomic E-state index is 10.8. The maximum Gasteiger partial charge on any atom is 0.347 e. The van der Waals surface area contributed by atoms with Crippen LogP contribution in [0, 0.1) is 0 Å². The molecule has 0 bridgehead atoms. The summed E-state index contributed by atoms with van der Waals surface area (Å²) in [4.78, 5) is 24.7. The number of hydrogen-bond acceptors (Lipinski definition) is 2. The zero-order chi connectivity index (χ0) is 8.43. The van der Waals surface area contributed by atoms with Crippen LogP contribution in [0.5, 0.6) is 0 Å². The van der Waals surface area contributed by atoms with Crippen molar-refractivity contribution in [1.82, 2.24) is 5.32 Å². The van der Waals surface area contributed by atoms with E-state index < -0.39 is 17.3 Å². The highest BCUT2D eigenvalue weighted by molar-refractivity contribution is 6.49. The van der Waals surface area contributed by atoms with E-state index in [1.54, 1.807) is 0 Å². The van der Waals surface area contributed by atoms with Crippen LogP contribution in [-0.2, 0) is 4.79 Å². The molecule has 0 aliphatic carbocycles. The molecular formula is C5H4Cl2N2O2. The second kappa shape index (κ2) is 3.19. The van der Waals surface area contributed by atoms with Gasteiger partial charge in [0.15, 0.2) is 5.38 Å². The first-order valence-corrected chi connectivity index (χ1v) is 3.74. The van der Waals surface area contributed by atoms with Crippen molar-refractivity contribution >= 4 is 40.9 Å². The van der Waals surface area contributed by atoms with Gasteiger partial charge in [0.1, 0.15) is 0 Å². The molecular weight excluding hydrogens is 191 g/mol. The quantitative estimate of drug-likeness (QED) is 0.620. The van der Waals surface area contributed by atoms with E-state index in [1.165, 1.54) is 0 Å². The zero-order valence-corrected chi connectivity index (χ0v) is 6.82. The molecule has 0 fully saturated rings. The minimum absolute atomic E-state index is 0.00662. The van der Waals surface area contributed by atoms with Crippen LogP contribution in [0.15, 0.2) is 4.99 Å². The third kappa shape index (κ3) is 1.70. The highest BCUT2D eigenvalue weighted by atomic mass is 35.5. The van der Waals surface area contributed by atoms with E-state index in [2.05, 4.69) is 4.99 Å². The van der Waals surface area contributed by atoms with Gasteiger partial charge < -0.3 is 0 Å². The topological polar surface area (TPSA) is 58.5 Å². The number of nitrogens with zero attached hydrogens (tertiary/aromatic N) is 1. The van der Waals surface area contributed by atoms with Crippen molar-refractivity contribution in [2.75, 3.05) is 5.88 Å². The first kappa shape index (κ1) is 8.49. The van der Waals surface area contributed by atoms with Gasteiger partial charge in [0.2, 0.25) is 0 Å². The van der Waals surface area contributed by atoms with E-state index in [0.29, 0.717) is 0 Å². The predicted octanol–water partition coefficient (Wildman–Crippen LogP) is 0.523. The summed E-state index contributed by atoms with van der Waals surface area (Å²) in [6.45, 7) is 0. The van der Waals surface area contributed by atoms with Crippen molar-refractivity contribution in [1.29, 1.82) is 0 Å². The van der Waals surface area contributed by atoms with Gasteiger partial charge >= 0.3 is 6.03 Å². The van der Waals surface area contributed by atoms with Crippen molar-refractivity contribution in [3.05, 3.63) is 0 Å². The largest absolute Gasteiger partial charge is 0.347 e. The fourth-order valence-electron chi connectivity index (χ4n) is 0.633. The maximum atomic E-state index is 10.8. The molecule has 6 heteroatoms. The number of amides is 3. The Morgan fingerprint density at radius 3 is 2.73 bits per heavy atom. The Morgan fingerprint density at radius 1 is 1.55 bits per heavy atom. The van der Waals surface area contributed by atoms with Gasteiger partial charge in [0.25, 0.3) is 5.91 Å². The molecule has 3 amide bonds. The number of rotatable bonds is 1. The number of nitrogens with one attached hydrogen (secondary N) is 1. The summed E-state index contributed by atoms with van der Waals surface area (Å²) in [7, 11) is 0. The van der Waals surface area contributed by atoms with Gasteiger partial charge in [-0.2, -0.15) is 4.99 Å². The second-order valence-electron chi connectivity index (χ2n) is 1.89. The Morgan fingerprint density at radius 2 is 2.18 bits per heavy atom.